The van der Waals surface area contributed by atoms with E-state index in [2.05, 4.69) is 42.3 Å². The first-order valence-corrected chi connectivity index (χ1v) is 9.56. The highest BCUT2D eigenvalue weighted by Crippen LogP contribution is 2.29. The van der Waals surface area contributed by atoms with Crippen LogP contribution in [-0.2, 0) is 6.42 Å². The zero-order valence-corrected chi connectivity index (χ0v) is 16.2. The Labute approximate surface area is 167 Å². The fourth-order valence-corrected chi connectivity index (χ4v) is 3.33. The van der Waals surface area contributed by atoms with Gasteiger partial charge in [-0.15, -0.1) is 13.2 Å². The minimum atomic E-state index is 0.337. The van der Waals surface area contributed by atoms with Crippen molar-refractivity contribution in [3.8, 4) is 11.5 Å². The van der Waals surface area contributed by atoms with Crippen LogP contribution in [0.25, 0.3) is 10.8 Å². The number of aromatic hydroxyl groups is 1. The molecule has 0 heterocycles. The smallest absolute Gasteiger partial charge is 0.119 e. The molecule has 0 atom stereocenters. The first kappa shape index (κ1) is 19.7. The van der Waals surface area contributed by atoms with Gasteiger partial charge < -0.3 is 9.84 Å². The summed E-state index contributed by atoms with van der Waals surface area (Å²) in [4.78, 5) is 2.22. The molecule has 3 aromatic rings. The molecule has 3 nitrogen and oxygen atoms in total. The molecule has 0 saturated carbocycles. The van der Waals surface area contributed by atoms with Gasteiger partial charge in [0.1, 0.15) is 18.1 Å². The van der Waals surface area contributed by atoms with Gasteiger partial charge >= 0.3 is 0 Å². The largest absolute Gasteiger partial charge is 0.508 e. The van der Waals surface area contributed by atoms with E-state index in [0.717, 1.165) is 47.3 Å². The lowest BCUT2D eigenvalue weighted by atomic mass is 9.97. The van der Waals surface area contributed by atoms with Crippen LogP contribution in [-0.4, -0.2) is 36.2 Å². The van der Waals surface area contributed by atoms with E-state index in [4.69, 9.17) is 4.74 Å². The summed E-state index contributed by atoms with van der Waals surface area (Å²) in [6, 6.07) is 20.0. The molecule has 0 aliphatic carbocycles. The van der Waals surface area contributed by atoms with Crippen molar-refractivity contribution in [1.29, 1.82) is 0 Å². The third kappa shape index (κ3) is 5.02. The van der Waals surface area contributed by atoms with Gasteiger partial charge in [0.05, 0.1) is 0 Å². The molecule has 3 aromatic carbocycles. The van der Waals surface area contributed by atoms with Gasteiger partial charge in [-0.25, -0.2) is 0 Å². The third-order valence-electron chi connectivity index (χ3n) is 4.77. The van der Waals surface area contributed by atoms with E-state index >= 15 is 0 Å². The van der Waals surface area contributed by atoms with E-state index < -0.39 is 0 Å². The summed E-state index contributed by atoms with van der Waals surface area (Å²) < 4.78 is 5.87. The minimum absolute atomic E-state index is 0.337. The Morgan fingerprint density at radius 3 is 2.32 bits per heavy atom. The average molecular weight is 373 g/mol. The molecule has 0 saturated heterocycles. The zero-order valence-electron chi connectivity index (χ0n) is 16.2. The highest BCUT2D eigenvalue weighted by Gasteiger charge is 2.08. The predicted molar refractivity (Wildman–Crippen MR) is 117 cm³/mol. The third-order valence-corrected chi connectivity index (χ3v) is 4.77. The number of benzene rings is 3. The van der Waals surface area contributed by atoms with Crippen molar-refractivity contribution in [3.05, 3.63) is 97.1 Å². The SMILES string of the molecule is C=CCN(CC=C)CCOc1ccc(Cc2c(O)ccc3ccccc23)cc1. The molecule has 0 bridgehead atoms. The summed E-state index contributed by atoms with van der Waals surface area (Å²) in [5, 5.41) is 12.6. The fourth-order valence-electron chi connectivity index (χ4n) is 3.33. The maximum atomic E-state index is 10.3. The summed E-state index contributed by atoms with van der Waals surface area (Å²) in [5.74, 6) is 1.19. The van der Waals surface area contributed by atoms with E-state index in [9.17, 15) is 5.11 Å². The number of hydrogen-bond acceptors (Lipinski definition) is 3. The Morgan fingerprint density at radius 1 is 0.893 bits per heavy atom. The van der Waals surface area contributed by atoms with Crippen LogP contribution >= 0.6 is 0 Å². The molecule has 0 fully saturated rings. The highest BCUT2D eigenvalue weighted by molar-refractivity contribution is 5.88. The average Bonchev–Trinajstić information content (AvgIpc) is 2.72. The summed E-state index contributed by atoms with van der Waals surface area (Å²) in [5.41, 5.74) is 2.09. The maximum absolute atomic E-state index is 10.3. The van der Waals surface area contributed by atoms with Crippen molar-refractivity contribution in [3.63, 3.8) is 0 Å². The van der Waals surface area contributed by atoms with Crippen LogP contribution in [0.15, 0.2) is 86.0 Å². The number of rotatable bonds is 10. The van der Waals surface area contributed by atoms with E-state index in [1.165, 1.54) is 0 Å². The van der Waals surface area contributed by atoms with E-state index in [1.807, 2.05) is 42.5 Å². The zero-order chi connectivity index (χ0) is 19.8. The molecule has 0 aliphatic heterocycles. The molecule has 0 amide bonds. The van der Waals surface area contributed by atoms with Crippen LogP contribution in [0.3, 0.4) is 0 Å². The van der Waals surface area contributed by atoms with E-state index in [1.54, 1.807) is 6.07 Å². The Bertz CT molecular complexity index is 921. The second-order valence-corrected chi connectivity index (χ2v) is 6.79. The van der Waals surface area contributed by atoms with Crippen LogP contribution in [0.5, 0.6) is 11.5 Å². The van der Waals surface area contributed by atoms with Crippen molar-refractivity contribution in [2.75, 3.05) is 26.2 Å². The highest BCUT2D eigenvalue weighted by atomic mass is 16.5. The molecule has 3 heteroatoms. The van der Waals surface area contributed by atoms with Crippen molar-refractivity contribution in [2.45, 2.75) is 6.42 Å². The molecule has 1 N–H and O–H groups in total. The van der Waals surface area contributed by atoms with E-state index in [-0.39, 0.29) is 0 Å². The molecule has 3 rings (SSSR count). The lowest BCUT2D eigenvalue weighted by Gasteiger charge is -2.18. The Morgan fingerprint density at radius 2 is 1.61 bits per heavy atom. The van der Waals surface area contributed by atoms with Crippen LogP contribution < -0.4 is 4.74 Å². The van der Waals surface area contributed by atoms with Crippen LogP contribution in [0.4, 0.5) is 0 Å². The maximum Gasteiger partial charge on any atom is 0.119 e. The fraction of sp³-hybridized carbons (Fsp3) is 0.200. The number of fused-ring (bicyclic) bond motifs is 1. The number of nitrogens with zero attached hydrogens (tertiary/aromatic N) is 1. The predicted octanol–water partition coefficient (Wildman–Crippen LogP) is 5.19. The lowest BCUT2D eigenvalue weighted by Crippen LogP contribution is -2.28. The van der Waals surface area contributed by atoms with Gasteiger partial charge in [0.15, 0.2) is 0 Å². The Hall–Kier alpha value is -3.04. The van der Waals surface area contributed by atoms with Gasteiger partial charge in [0.25, 0.3) is 0 Å². The van der Waals surface area contributed by atoms with E-state index in [0.29, 0.717) is 18.8 Å². The quantitative estimate of drug-likeness (QED) is 0.497. The van der Waals surface area contributed by atoms with Gasteiger partial charge in [-0.1, -0.05) is 54.6 Å². The Kier molecular flexibility index (Phi) is 6.88. The second kappa shape index (κ2) is 9.77. The molecule has 0 radical (unpaired) electrons. The Balaban J connectivity index is 1.63. The number of ether oxygens (including phenoxy) is 1. The van der Waals surface area contributed by atoms with Gasteiger partial charge in [-0.3, -0.25) is 4.90 Å². The van der Waals surface area contributed by atoms with Gasteiger partial charge in [-0.05, 0) is 34.5 Å². The molecule has 0 unspecified atom stereocenters. The molecule has 144 valence electrons. The van der Waals surface area contributed by atoms with Gasteiger partial charge in [0, 0.05) is 31.6 Å². The van der Waals surface area contributed by atoms with Crippen LogP contribution in [0.2, 0.25) is 0 Å². The summed E-state index contributed by atoms with van der Waals surface area (Å²) in [6.07, 6.45) is 4.46. The van der Waals surface area contributed by atoms with Crippen molar-refractivity contribution >= 4 is 10.8 Å². The number of hydrogen-bond donors (Lipinski definition) is 1. The molecule has 0 spiro atoms. The molecule has 0 aromatic heterocycles. The molecule has 28 heavy (non-hydrogen) atoms. The summed E-state index contributed by atoms with van der Waals surface area (Å²) in [6.45, 7) is 10.7. The topological polar surface area (TPSA) is 32.7 Å². The van der Waals surface area contributed by atoms with Crippen molar-refractivity contribution in [2.24, 2.45) is 0 Å². The molecular formula is C25H27NO2. The molecule has 0 aliphatic rings. The summed E-state index contributed by atoms with van der Waals surface area (Å²) in [7, 11) is 0. The number of phenols is 1. The normalized spacial score (nSPS) is 10.9. The lowest BCUT2D eigenvalue weighted by molar-refractivity contribution is 0.236. The second-order valence-electron chi connectivity index (χ2n) is 6.79. The number of phenolic OH excluding ortho intramolecular Hbond substituents is 1. The first-order valence-electron chi connectivity index (χ1n) is 9.56. The van der Waals surface area contributed by atoms with Gasteiger partial charge in [-0.2, -0.15) is 0 Å². The molecular weight excluding hydrogens is 346 g/mol. The van der Waals surface area contributed by atoms with Crippen molar-refractivity contribution in [1.82, 2.24) is 4.90 Å². The monoisotopic (exact) mass is 373 g/mol. The standard InChI is InChI=1S/C25H27NO2/c1-3-15-26(16-4-2)17-18-28-22-12-9-20(10-13-22)19-24-23-8-6-5-7-21(23)11-14-25(24)27/h3-14,27H,1-2,15-19H2. The van der Waals surface area contributed by atoms with Crippen molar-refractivity contribution < 1.29 is 9.84 Å². The summed E-state index contributed by atoms with van der Waals surface area (Å²) >= 11 is 0. The van der Waals surface area contributed by atoms with Crippen LogP contribution in [0, 0.1) is 0 Å². The minimum Gasteiger partial charge on any atom is -0.508 e. The van der Waals surface area contributed by atoms with Gasteiger partial charge in [0.2, 0.25) is 0 Å². The van der Waals surface area contributed by atoms with Crippen LogP contribution in [0.1, 0.15) is 11.1 Å². The first-order chi connectivity index (χ1) is 13.7.